The number of nitrogens with two attached hydrogens (primary N) is 1. The summed E-state index contributed by atoms with van der Waals surface area (Å²) >= 11 is 2.26. The molecule has 0 radical (unpaired) electrons. The van der Waals surface area contributed by atoms with Crippen molar-refractivity contribution in [3.63, 3.8) is 0 Å². The summed E-state index contributed by atoms with van der Waals surface area (Å²) in [5.74, 6) is -5.89. The van der Waals surface area contributed by atoms with E-state index in [4.69, 9.17) is 5.73 Å². The van der Waals surface area contributed by atoms with Gasteiger partial charge in [0.15, 0.2) is 10.8 Å². The third kappa shape index (κ3) is 4.84. The second kappa shape index (κ2) is 10.1. The van der Waals surface area contributed by atoms with Crippen LogP contribution in [0.25, 0.3) is 11.0 Å². The van der Waals surface area contributed by atoms with Crippen LogP contribution < -0.4 is 45.7 Å². The maximum absolute atomic E-state index is 12.5. The van der Waals surface area contributed by atoms with Gasteiger partial charge in [0.25, 0.3) is 11.7 Å². The number of nitrogens with one attached hydrogen (secondary N) is 2. The standard InChI is InChI=1S/C15H13F2N7O4S3.Na/c16-14(17)30-3-6(25)20-7-11(26)24-8(13(27)28)5(2-29-12(7)24)31-15-21-9(18)4-1-19-23-10(4)22-15;/h1,7,12,14H,2-3H2,(H,20,25)(H,27,28)(H3,18,19,21,22,23);/q;+1/p-1/t7?,12-;/m1./s1. The molecule has 1 fully saturated rings. The number of aromatic amines is 1. The molecule has 4 rings (SSSR count). The maximum atomic E-state index is 12.5. The number of thioether (sulfide) groups is 3. The second-order valence-electron chi connectivity index (χ2n) is 6.21. The summed E-state index contributed by atoms with van der Waals surface area (Å²) in [4.78, 5) is 45.7. The molecule has 1 saturated heterocycles. The Morgan fingerprint density at radius 3 is 2.88 bits per heavy atom. The van der Waals surface area contributed by atoms with Crippen LogP contribution in [0.5, 0.6) is 0 Å². The number of amides is 2. The van der Waals surface area contributed by atoms with Crippen molar-refractivity contribution in [1.29, 1.82) is 0 Å². The summed E-state index contributed by atoms with van der Waals surface area (Å²) in [5, 5.41) is 20.6. The number of nitrogen functional groups attached to an aromatic ring is 1. The van der Waals surface area contributed by atoms with Gasteiger partial charge in [0.1, 0.15) is 17.2 Å². The molecule has 2 amide bonds. The van der Waals surface area contributed by atoms with E-state index in [0.717, 1.165) is 16.7 Å². The van der Waals surface area contributed by atoms with Crippen molar-refractivity contribution in [2.75, 3.05) is 17.2 Å². The number of hydrogen-bond acceptors (Lipinski definition) is 11. The first-order valence-electron chi connectivity index (χ1n) is 8.49. The van der Waals surface area contributed by atoms with E-state index in [1.54, 1.807) is 0 Å². The average molecular weight is 511 g/mol. The molecule has 17 heteroatoms. The van der Waals surface area contributed by atoms with E-state index in [9.17, 15) is 28.3 Å². The number of halogens is 2. The van der Waals surface area contributed by atoms with Gasteiger partial charge in [0.2, 0.25) is 5.91 Å². The number of nitrogens with zero attached hydrogens (tertiary/aromatic N) is 4. The van der Waals surface area contributed by atoms with E-state index in [1.165, 1.54) is 18.0 Å². The van der Waals surface area contributed by atoms with Crippen LogP contribution in [-0.2, 0) is 14.4 Å². The summed E-state index contributed by atoms with van der Waals surface area (Å²) in [6.45, 7) is 0. The molecule has 32 heavy (non-hydrogen) atoms. The van der Waals surface area contributed by atoms with Gasteiger partial charge in [-0.05, 0) is 0 Å². The quantitative estimate of drug-likeness (QED) is 0.190. The Labute approximate surface area is 213 Å². The van der Waals surface area contributed by atoms with Crippen LogP contribution in [0.3, 0.4) is 0 Å². The van der Waals surface area contributed by atoms with Crippen LogP contribution in [0.2, 0.25) is 0 Å². The number of carbonyl (C=O) groups is 3. The van der Waals surface area contributed by atoms with E-state index in [2.05, 4.69) is 25.5 Å². The van der Waals surface area contributed by atoms with Crippen LogP contribution in [0.4, 0.5) is 14.6 Å². The van der Waals surface area contributed by atoms with Gasteiger partial charge in [-0.25, -0.2) is 9.97 Å². The van der Waals surface area contributed by atoms with Crippen LogP contribution in [-0.4, -0.2) is 71.5 Å². The fourth-order valence-electron chi connectivity index (χ4n) is 3.00. The van der Waals surface area contributed by atoms with Gasteiger partial charge >= 0.3 is 29.6 Å². The fourth-order valence-corrected chi connectivity index (χ4v) is 5.78. The van der Waals surface area contributed by atoms with Crippen molar-refractivity contribution in [1.82, 2.24) is 30.4 Å². The summed E-state index contributed by atoms with van der Waals surface area (Å²) < 4.78 is 24.5. The molecule has 0 spiro atoms. The van der Waals surface area contributed by atoms with Gasteiger partial charge < -0.3 is 21.0 Å². The molecule has 11 nitrogen and oxygen atoms in total. The first-order chi connectivity index (χ1) is 14.8. The zero-order valence-electron chi connectivity index (χ0n) is 16.2. The fraction of sp³-hybridized carbons (Fsp3) is 0.333. The molecule has 4 heterocycles. The van der Waals surface area contributed by atoms with E-state index >= 15 is 0 Å². The molecule has 2 atom stereocenters. The van der Waals surface area contributed by atoms with Gasteiger partial charge in [-0.2, -0.15) is 13.9 Å². The Hall–Kier alpha value is -1.59. The number of aliphatic carboxylic acids is 1. The Balaban J connectivity index is 0.00000289. The zero-order valence-corrected chi connectivity index (χ0v) is 20.7. The summed E-state index contributed by atoms with van der Waals surface area (Å²) in [7, 11) is 0. The van der Waals surface area contributed by atoms with Crippen LogP contribution in [0, 0.1) is 0 Å². The number of carbonyl (C=O) groups excluding carboxylic acids is 3. The number of hydrogen-bond donors (Lipinski definition) is 3. The Bertz CT molecular complexity index is 1120. The van der Waals surface area contributed by atoms with Gasteiger partial charge in [-0.3, -0.25) is 19.6 Å². The van der Waals surface area contributed by atoms with Crippen molar-refractivity contribution in [2.45, 2.75) is 22.3 Å². The number of carboxylic acid groups (broad SMARTS) is 1. The summed E-state index contributed by atoms with van der Waals surface area (Å²) in [6.07, 6.45) is 1.46. The van der Waals surface area contributed by atoms with E-state index in [0.29, 0.717) is 11.0 Å². The molecule has 2 aliphatic heterocycles. The van der Waals surface area contributed by atoms with Crippen molar-refractivity contribution in [3.8, 4) is 0 Å². The molecule has 0 bridgehead atoms. The Morgan fingerprint density at radius 1 is 1.44 bits per heavy atom. The molecular formula is C15H12F2N7NaO4S3. The number of carboxylic acids is 1. The second-order valence-corrected chi connectivity index (χ2v) is 9.36. The molecule has 1 unspecified atom stereocenters. The van der Waals surface area contributed by atoms with Gasteiger partial charge in [0, 0.05) is 10.7 Å². The molecule has 0 saturated carbocycles. The topological polar surface area (TPSA) is 170 Å². The SMILES string of the molecule is Nc1nc(SC2=C(C(=O)[O-])N3C(=O)C(NC(=O)CSC(F)F)[C@H]3SC2)nc2[nH]ncc12.[Na+]. The number of rotatable bonds is 7. The number of fused-ring (bicyclic) bond motifs is 2. The first-order valence-corrected chi connectivity index (χ1v) is 11.4. The van der Waals surface area contributed by atoms with E-state index in [1.807, 2.05) is 0 Å². The molecule has 2 aromatic heterocycles. The number of alkyl halides is 2. The predicted octanol–water partition coefficient (Wildman–Crippen LogP) is -3.65. The van der Waals surface area contributed by atoms with Gasteiger partial charge in [-0.1, -0.05) is 23.5 Å². The largest absolute Gasteiger partial charge is 1.00 e. The maximum Gasteiger partial charge on any atom is 1.00 e. The van der Waals surface area contributed by atoms with Crippen LogP contribution in [0.15, 0.2) is 22.0 Å². The van der Waals surface area contributed by atoms with Crippen LogP contribution >= 0.6 is 35.3 Å². The Kier molecular flexibility index (Phi) is 7.93. The minimum atomic E-state index is -2.71. The third-order valence-electron chi connectivity index (χ3n) is 4.32. The number of anilines is 1. The smallest absolute Gasteiger partial charge is 0.543 e. The average Bonchev–Trinajstić information content (AvgIpc) is 3.19. The monoisotopic (exact) mass is 511 g/mol. The first kappa shape index (κ1) is 25.0. The Morgan fingerprint density at radius 2 is 2.19 bits per heavy atom. The van der Waals surface area contributed by atoms with E-state index in [-0.39, 0.29) is 68.6 Å². The molecule has 4 N–H and O–H groups in total. The predicted molar refractivity (Wildman–Crippen MR) is 107 cm³/mol. The van der Waals surface area contributed by atoms with Crippen molar-refractivity contribution >= 4 is 69.9 Å². The summed E-state index contributed by atoms with van der Waals surface area (Å²) in [5.41, 5.74) is 5.89. The van der Waals surface area contributed by atoms with Gasteiger partial charge in [-0.15, -0.1) is 11.8 Å². The van der Waals surface area contributed by atoms with Crippen molar-refractivity contribution in [3.05, 3.63) is 16.8 Å². The van der Waals surface area contributed by atoms with Gasteiger partial charge in [0.05, 0.1) is 29.0 Å². The zero-order chi connectivity index (χ0) is 22.3. The number of β-lactam (4-membered cyclic amide) rings is 1. The number of H-pyrrole nitrogens is 1. The molecule has 0 aliphatic carbocycles. The minimum absolute atomic E-state index is 0. The molecule has 164 valence electrons. The molecule has 2 aliphatic rings. The van der Waals surface area contributed by atoms with Crippen molar-refractivity contribution < 1.29 is 57.8 Å². The normalized spacial score (nSPS) is 20.1. The van der Waals surface area contributed by atoms with E-state index < -0.39 is 40.7 Å². The molecule has 2 aromatic rings. The summed E-state index contributed by atoms with van der Waals surface area (Å²) in [6, 6.07) is -1.01. The number of aromatic nitrogens is 4. The molecule has 0 aromatic carbocycles. The van der Waals surface area contributed by atoms with Crippen LogP contribution in [0.1, 0.15) is 0 Å². The molecular weight excluding hydrogens is 499 g/mol. The third-order valence-corrected chi connectivity index (χ3v) is 7.41. The minimum Gasteiger partial charge on any atom is -0.543 e. The van der Waals surface area contributed by atoms with Crippen molar-refractivity contribution in [2.24, 2.45) is 0 Å².